The van der Waals surface area contributed by atoms with Crippen molar-refractivity contribution in [2.75, 3.05) is 6.54 Å². The summed E-state index contributed by atoms with van der Waals surface area (Å²) in [6.07, 6.45) is 3.82. The van der Waals surface area contributed by atoms with E-state index in [4.69, 9.17) is 0 Å². The highest BCUT2D eigenvalue weighted by Gasteiger charge is 2.26. The summed E-state index contributed by atoms with van der Waals surface area (Å²) in [6.45, 7) is 0.317. The van der Waals surface area contributed by atoms with Crippen molar-refractivity contribution in [2.24, 2.45) is 0 Å². The van der Waals surface area contributed by atoms with Crippen molar-refractivity contribution in [3.63, 3.8) is 0 Å². The maximum absolute atomic E-state index is 13.5. The number of nitrogens with one attached hydrogen (secondary N) is 2. The minimum atomic E-state index is -0.126. The van der Waals surface area contributed by atoms with Gasteiger partial charge in [0.05, 0.1) is 6.54 Å². The van der Waals surface area contributed by atoms with Crippen molar-refractivity contribution in [1.82, 2.24) is 10.6 Å². The highest BCUT2D eigenvalue weighted by atomic mass is 19.1. The summed E-state index contributed by atoms with van der Waals surface area (Å²) in [5, 5.41) is 6.16. The Bertz CT molecular complexity index is 471. The molecule has 0 aliphatic heterocycles. The van der Waals surface area contributed by atoms with Crippen molar-refractivity contribution in [3.8, 4) is 0 Å². The van der Waals surface area contributed by atoms with Crippen LogP contribution in [0.1, 0.15) is 36.4 Å². The number of amides is 1. The van der Waals surface area contributed by atoms with Gasteiger partial charge in [-0.3, -0.25) is 4.79 Å². The molecule has 4 heteroatoms. The third-order valence-electron chi connectivity index (χ3n) is 3.66. The standard InChI is InChI=1S/C14H17FN2O/c15-12-3-1-2-11-10(12)6-7-13(11)16-8-14(18)17-9-4-5-9/h1-3,9,13,16H,4-8H2,(H,17,18). The van der Waals surface area contributed by atoms with Crippen LogP contribution in [0.4, 0.5) is 4.39 Å². The van der Waals surface area contributed by atoms with Gasteiger partial charge in [0.25, 0.3) is 0 Å². The van der Waals surface area contributed by atoms with Crippen LogP contribution in [-0.4, -0.2) is 18.5 Å². The Morgan fingerprint density at radius 2 is 2.17 bits per heavy atom. The highest BCUT2D eigenvalue weighted by molar-refractivity contribution is 5.78. The fourth-order valence-corrected chi connectivity index (χ4v) is 2.54. The summed E-state index contributed by atoms with van der Waals surface area (Å²) in [7, 11) is 0. The predicted octanol–water partition coefficient (Wildman–Crippen LogP) is 1.68. The first-order chi connectivity index (χ1) is 8.74. The monoisotopic (exact) mass is 248 g/mol. The summed E-state index contributed by atoms with van der Waals surface area (Å²) in [5.41, 5.74) is 1.81. The Labute approximate surface area is 106 Å². The number of hydrogen-bond donors (Lipinski definition) is 2. The van der Waals surface area contributed by atoms with Crippen LogP contribution in [0.3, 0.4) is 0 Å². The molecule has 1 amide bonds. The zero-order chi connectivity index (χ0) is 12.5. The maximum atomic E-state index is 13.5. The molecule has 1 saturated carbocycles. The van der Waals surface area contributed by atoms with Gasteiger partial charge in [0.15, 0.2) is 0 Å². The minimum absolute atomic E-state index is 0.0438. The average molecular weight is 248 g/mol. The van der Waals surface area contributed by atoms with Crippen LogP contribution in [0.5, 0.6) is 0 Å². The van der Waals surface area contributed by atoms with Crippen LogP contribution in [0.25, 0.3) is 0 Å². The molecule has 1 atom stereocenters. The Hall–Kier alpha value is -1.42. The molecule has 1 aromatic carbocycles. The van der Waals surface area contributed by atoms with Crippen LogP contribution in [0.15, 0.2) is 18.2 Å². The molecular formula is C14H17FN2O. The third kappa shape index (κ3) is 2.38. The Balaban J connectivity index is 1.58. The lowest BCUT2D eigenvalue weighted by atomic mass is 10.1. The van der Waals surface area contributed by atoms with E-state index in [0.717, 1.165) is 36.8 Å². The summed E-state index contributed by atoms with van der Waals surface area (Å²) < 4.78 is 13.5. The molecule has 2 N–H and O–H groups in total. The normalized spacial score (nSPS) is 21.7. The van der Waals surface area contributed by atoms with Gasteiger partial charge in [0.1, 0.15) is 5.82 Å². The van der Waals surface area contributed by atoms with E-state index in [1.807, 2.05) is 6.07 Å². The molecule has 3 rings (SSSR count). The lowest BCUT2D eigenvalue weighted by Gasteiger charge is -2.13. The number of halogens is 1. The quantitative estimate of drug-likeness (QED) is 0.851. The van der Waals surface area contributed by atoms with Gasteiger partial charge in [-0.1, -0.05) is 12.1 Å². The molecule has 0 heterocycles. The van der Waals surface area contributed by atoms with E-state index in [1.54, 1.807) is 6.07 Å². The van der Waals surface area contributed by atoms with Crippen LogP contribution >= 0.6 is 0 Å². The molecule has 1 fully saturated rings. The Kier molecular flexibility index (Phi) is 3.04. The second-order valence-corrected chi connectivity index (χ2v) is 5.12. The van der Waals surface area contributed by atoms with Gasteiger partial charge >= 0.3 is 0 Å². The number of carbonyl (C=O) groups is 1. The average Bonchev–Trinajstić information content (AvgIpc) is 3.06. The molecule has 2 aliphatic rings. The molecular weight excluding hydrogens is 231 g/mol. The van der Waals surface area contributed by atoms with Crippen molar-refractivity contribution in [2.45, 2.75) is 37.8 Å². The van der Waals surface area contributed by atoms with Gasteiger partial charge in [0, 0.05) is 12.1 Å². The van der Waals surface area contributed by atoms with Gasteiger partial charge in [0.2, 0.25) is 5.91 Å². The summed E-state index contributed by atoms with van der Waals surface area (Å²) >= 11 is 0. The summed E-state index contributed by atoms with van der Waals surface area (Å²) in [6, 6.07) is 5.69. The Morgan fingerprint density at radius 1 is 1.33 bits per heavy atom. The van der Waals surface area contributed by atoms with Gasteiger partial charge in [-0.25, -0.2) is 4.39 Å². The van der Waals surface area contributed by atoms with E-state index < -0.39 is 0 Å². The van der Waals surface area contributed by atoms with E-state index in [2.05, 4.69) is 10.6 Å². The van der Waals surface area contributed by atoms with Crippen molar-refractivity contribution in [3.05, 3.63) is 35.1 Å². The number of fused-ring (bicyclic) bond motifs is 1. The third-order valence-corrected chi connectivity index (χ3v) is 3.66. The zero-order valence-electron chi connectivity index (χ0n) is 10.2. The number of hydrogen-bond acceptors (Lipinski definition) is 2. The van der Waals surface area contributed by atoms with E-state index >= 15 is 0 Å². The molecule has 2 aliphatic carbocycles. The number of benzene rings is 1. The van der Waals surface area contributed by atoms with Crippen LogP contribution < -0.4 is 10.6 Å². The molecule has 0 saturated heterocycles. The molecule has 1 aromatic rings. The van der Waals surface area contributed by atoms with Crippen LogP contribution in [0.2, 0.25) is 0 Å². The predicted molar refractivity (Wildman–Crippen MR) is 66.6 cm³/mol. The Morgan fingerprint density at radius 3 is 2.94 bits per heavy atom. The molecule has 1 unspecified atom stereocenters. The van der Waals surface area contributed by atoms with E-state index in [9.17, 15) is 9.18 Å². The molecule has 96 valence electrons. The first-order valence-electron chi connectivity index (χ1n) is 6.54. The van der Waals surface area contributed by atoms with Crippen molar-refractivity contribution < 1.29 is 9.18 Å². The summed E-state index contributed by atoms with van der Waals surface area (Å²) in [4.78, 5) is 11.6. The molecule has 0 aromatic heterocycles. The largest absolute Gasteiger partial charge is 0.352 e. The molecule has 3 nitrogen and oxygen atoms in total. The van der Waals surface area contributed by atoms with Crippen molar-refractivity contribution >= 4 is 5.91 Å². The van der Waals surface area contributed by atoms with Crippen LogP contribution in [-0.2, 0) is 11.2 Å². The smallest absolute Gasteiger partial charge is 0.234 e. The fourth-order valence-electron chi connectivity index (χ4n) is 2.54. The first kappa shape index (κ1) is 11.7. The number of carbonyl (C=O) groups excluding carboxylic acids is 1. The van der Waals surface area contributed by atoms with Crippen LogP contribution in [0, 0.1) is 5.82 Å². The molecule has 18 heavy (non-hydrogen) atoms. The molecule has 0 bridgehead atoms. The fraction of sp³-hybridized carbons (Fsp3) is 0.500. The van der Waals surface area contributed by atoms with Gasteiger partial charge < -0.3 is 10.6 Å². The highest BCUT2D eigenvalue weighted by Crippen LogP contribution is 2.32. The number of rotatable bonds is 4. The first-order valence-corrected chi connectivity index (χ1v) is 6.54. The second kappa shape index (κ2) is 4.69. The lowest BCUT2D eigenvalue weighted by Crippen LogP contribution is -2.36. The topological polar surface area (TPSA) is 41.1 Å². The minimum Gasteiger partial charge on any atom is -0.352 e. The van der Waals surface area contributed by atoms with Gasteiger partial charge in [-0.15, -0.1) is 0 Å². The summed E-state index contributed by atoms with van der Waals surface area (Å²) in [5.74, 6) is -0.0819. The lowest BCUT2D eigenvalue weighted by molar-refractivity contribution is -0.120. The van der Waals surface area contributed by atoms with E-state index in [-0.39, 0.29) is 17.8 Å². The zero-order valence-corrected chi connectivity index (χ0v) is 10.2. The van der Waals surface area contributed by atoms with E-state index in [1.165, 1.54) is 6.07 Å². The van der Waals surface area contributed by atoms with Gasteiger partial charge in [-0.05, 0) is 42.9 Å². The van der Waals surface area contributed by atoms with Gasteiger partial charge in [-0.2, -0.15) is 0 Å². The maximum Gasteiger partial charge on any atom is 0.234 e. The second-order valence-electron chi connectivity index (χ2n) is 5.12. The molecule has 0 spiro atoms. The van der Waals surface area contributed by atoms with E-state index in [0.29, 0.717) is 12.6 Å². The molecule has 0 radical (unpaired) electrons. The van der Waals surface area contributed by atoms with Crippen molar-refractivity contribution in [1.29, 1.82) is 0 Å². The SMILES string of the molecule is O=C(CNC1CCc2c(F)cccc21)NC1CC1.